The summed E-state index contributed by atoms with van der Waals surface area (Å²) in [5, 5.41) is 12.0. The Kier molecular flexibility index (Phi) is 5.69. The van der Waals surface area contributed by atoms with Crippen LogP contribution in [0.25, 0.3) is 27.9 Å². The molecule has 2 aromatic carbocycles. The van der Waals surface area contributed by atoms with Gasteiger partial charge >= 0.3 is 5.97 Å². The number of carbonyl (C=O) groups excluding carboxylic acids is 2. The van der Waals surface area contributed by atoms with Gasteiger partial charge in [0.1, 0.15) is 11.0 Å². The highest BCUT2D eigenvalue weighted by molar-refractivity contribution is 7.92. The third-order valence-electron chi connectivity index (χ3n) is 7.63. The minimum atomic E-state index is -3.70. The summed E-state index contributed by atoms with van der Waals surface area (Å²) >= 11 is 0. The van der Waals surface area contributed by atoms with Gasteiger partial charge < -0.3 is 15.5 Å². The van der Waals surface area contributed by atoms with Crippen molar-refractivity contribution in [1.29, 1.82) is 0 Å². The molecule has 1 aliphatic carbocycles. The number of nitrogens with zero attached hydrogens (tertiary/aromatic N) is 7. The topological polar surface area (TPSA) is 180 Å². The molecule has 214 valence electrons. The van der Waals surface area contributed by atoms with Crippen molar-refractivity contribution in [2.24, 2.45) is 5.92 Å². The fourth-order valence-corrected chi connectivity index (χ4v) is 5.97. The summed E-state index contributed by atoms with van der Waals surface area (Å²) in [4.78, 5) is 39.6. The van der Waals surface area contributed by atoms with Gasteiger partial charge in [-0.1, -0.05) is 17.0 Å². The summed E-state index contributed by atoms with van der Waals surface area (Å²) in [6, 6.07) is 12.1. The van der Waals surface area contributed by atoms with E-state index in [9.17, 15) is 18.0 Å². The van der Waals surface area contributed by atoms with Gasteiger partial charge in [0, 0.05) is 24.3 Å². The lowest BCUT2D eigenvalue weighted by molar-refractivity contribution is 0.0412. The Bertz CT molecular complexity index is 2050. The van der Waals surface area contributed by atoms with Crippen LogP contribution in [0.4, 0.5) is 11.5 Å². The number of rotatable bonds is 7. The average Bonchev–Trinajstić information content (AvgIpc) is 3.52. The molecule has 3 N–H and O–H groups in total. The summed E-state index contributed by atoms with van der Waals surface area (Å²) in [6.45, 7) is 2.37. The predicted molar refractivity (Wildman–Crippen MR) is 152 cm³/mol. The molecule has 0 saturated heterocycles. The quantitative estimate of drug-likeness (QED) is 0.268. The van der Waals surface area contributed by atoms with Crippen molar-refractivity contribution in [1.82, 2.24) is 34.7 Å². The summed E-state index contributed by atoms with van der Waals surface area (Å²) in [7, 11) is -3.70. The molecule has 0 unspecified atom stereocenters. The zero-order valence-electron chi connectivity index (χ0n) is 22.6. The SMILES string of the molecule is C[C@@H](C1CC1)N1Cc2cc(-c3ccn4nc(N)c(C(=O)On5nnc6ccccc65)c4n3)cc(NS(C)(=O)=O)c2C1=O. The van der Waals surface area contributed by atoms with E-state index in [-0.39, 0.29) is 34.7 Å². The molecule has 1 saturated carbocycles. The van der Waals surface area contributed by atoms with Crippen molar-refractivity contribution >= 4 is 50.1 Å². The first-order valence-corrected chi connectivity index (χ1v) is 15.1. The molecule has 0 radical (unpaired) electrons. The van der Waals surface area contributed by atoms with Crippen LogP contribution in [0.2, 0.25) is 0 Å². The number of benzene rings is 2. The van der Waals surface area contributed by atoms with E-state index in [4.69, 9.17) is 10.6 Å². The minimum absolute atomic E-state index is 0.0411. The van der Waals surface area contributed by atoms with Gasteiger partial charge in [0.25, 0.3) is 5.91 Å². The van der Waals surface area contributed by atoms with E-state index in [0.29, 0.717) is 45.9 Å². The van der Waals surface area contributed by atoms with Crippen molar-refractivity contribution in [2.45, 2.75) is 32.4 Å². The number of aromatic nitrogens is 6. The molecule has 0 spiro atoms. The minimum Gasteiger partial charge on any atom is -0.381 e. The summed E-state index contributed by atoms with van der Waals surface area (Å²) in [5.74, 6) is -0.705. The molecule has 14 nitrogen and oxygen atoms in total. The maximum Gasteiger partial charge on any atom is 0.373 e. The first-order valence-electron chi connectivity index (χ1n) is 13.2. The highest BCUT2D eigenvalue weighted by Gasteiger charge is 2.40. The molecule has 1 atom stereocenters. The first kappa shape index (κ1) is 25.9. The molecular weight excluding hydrogens is 562 g/mol. The Hall–Kier alpha value is -5.05. The number of anilines is 2. The van der Waals surface area contributed by atoms with Crippen LogP contribution < -0.4 is 15.3 Å². The number of amides is 1. The molecule has 1 amide bonds. The van der Waals surface area contributed by atoms with Gasteiger partial charge in [-0.3, -0.25) is 9.52 Å². The Morgan fingerprint density at radius 3 is 2.74 bits per heavy atom. The monoisotopic (exact) mass is 587 g/mol. The second-order valence-electron chi connectivity index (χ2n) is 10.6. The lowest BCUT2D eigenvalue weighted by Crippen LogP contribution is -2.34. The van der Waals surface area contributed by atoms with Crippen LogP contribution >= 0.6 is 0 Å². The largest absolute Gasteiger partial charge is 0.381 e. The molecule has 42 heavy (non-hydrogen) atoms. The van der Waals surface area contributed by atoms with Crippen LogP contribution in [0.1, 0.15) is 46.0 Å². The normalized spacial score (nSPS) is 15.8. The summed E-state index contributed by atoms with van der Waals surface area (Å²) in [5.41, 5.74) is 9.30. The number of nitrogen functional groups attached to an aromatic ring is 1. The number of fused-ring (bicyclic) bond motifs is 3. The summed E-state index contributed by atoms with van der Waals surface area (Å²) < 4.78 is 28.4. The van der Waals surface area contributed by atoms with E-state index in [1.165, 1.54) is 4.52 Å². The van der Waals surface area contributed by atoms with Crippen molar-refractivity contribution < 1.29 is 22.8 Å². The van der Waals surface area contributed by atoms with Gasteiger partial charge in [0.2, 0.25) is 10.0 Å². The highest BCUT2D eigenvalue weighted by Crippen LogP contribution is 2.41. The van der Waals surface area contributed by atoms with E-state index < -0.39 is 16.0 Å². The number of nitrogens with two attached hydrogens (primary N) is 1. The average molecular weight is 588 g/mol. The molecule has 1 aliphatic heterocycles. The number of carbonyl (C=O) groups is 2. The number of sulfonamides is 1. The zero-order valence-corrected chi connectivity index (χ0v) is 23.4. The summed E-state index contributed by atoms with van der Waals surface area (Å²) in [6.07, 6.45) is 4.75. The molecule has 2 aliphatic rings. The van der Waals surface area contributed by atoms with Gasteiger partial charge in [0.05, 0.1) is 23.2 Å². The second-order valence-corrected chi connectivity index (χ2v) is 12.4. The number of para-hydroxylation sites is 1. The maximum atomic E-state index is 13.4. The van der Waals surface area contributed by atoms with Crippen LogP contribution in [0, 0.1) is 5.92 Å². The molecule has 0 bridgehead atoms. The van der Waals surface area contributed by atoms with E-state index in [0.717, 1.165) is 23.9 Å². The van der Waals surface area contributed by atoms with Gasteiger partial charge in [-0.25, -0.2) is 22.7 Å². The number of hydrogen-bond donors (Lipinski definition) is 2. The fraction of sp³-hybridized carbons (Fsp3) is 0.259. The van der Waals surface area contributed by atoms with Crippen LogP contribution in [0.5, 0.6) is 0 Å². The van der Waals surface area contributed by atoms with E-state index in [1.807, 2.05) is 13.0 Å². The third kappa shape index (κ3) is 4.38. The van der Waals surface area contributed by atoms with Crippen molar-refractivity contribution in [3.05, 3.63) is 65.4 Å². The van der Waals surface area contributed by atoms with Crippen LogP contribution in [0.15, 0.2) is 48.7 Å². The third-order valence-corrected chi connectivity index (χ3v) is 8.22. The van der Waals surface area contributed by atoms with Crippen LogP contribution in [-0.2, 0) is 16.6 Å². The Balaban J connectivity index is 1.29. The molecule has 15 heteroatoms. The number of hydrogen-bond acceptors (Lipinski definition) is 10. The predicted octanol–water partition coefficient (Wildman–Crippen LogP) is 2.12. The molecule has 4 heterocycles. The molecular formula is C27H25N9O5S. The van der Waals surface area contributed by atoms with E-state index >= 15 is 0 Å². The van der Waals surface area contributed by atoms with Gasteiger partial charge in [-0.15, -0.1) is 10.2 Å². The zero-order chi connectivity index (χ0) is 29.3. The molecule has 5 aromatic rings. The van der Waals surface area contributed by atoms with Crippen molar-refractivity contribution in [3.63, 3.8) is 0 Å². The molecule has 3 aromatic heterocycles. The Labute approximate surface area is 239 Å². The second kappa shape index (κ2) is 9.24. The van der Waals surface area contributed by atoms with E-state index in [2.05, 4.69) is 25.1 Å². The lowest BCUT2D eigenvalue weighted by Gasteiger charge is -2.24. The fourth-order valence-electron chi connectivity index (χ4n) is 5.41. The number of nitrogens with one attached hydrogen (secondary N) is 1. The Morgan fingerprint density at radius 2 is 1.98 bits per heavy atom. The van der Waals surface area contributed by atoms with Crippen LogP contribution in [-0.4, -0.2) is 67.2 Å². The first-order chi connectivity index (χ1) is 20.1. The standard InChI is InChI=1S/C27H25N9O5S/c1-14(15-7-8-15)34-13-17-11-16(12-20(22(17)26(34)37)32-42(2,39)40)18-9-10-35-25(29-18)23(24(28)31-35)27(38)41-36-21-6-4-3-5-19(21)30-33-36/h3-6,9-12,14-15,32H,7-8,13H2,1-2H3,(H2,28,31)/t14-/m0/s1. The van der Waals surface area contributed by atoms with Gasteiger partial charge in [-0.2, -0.15) is 0 Å². The molecule has 7 rings (SSSR count). The van der Waals surface area contributed by atoms with Crippen LogP contribution in [0.3, 0.4) is 0 Å². The van der Waals surface area contributed by atoms with E-state index in [1.54, 1.807) is 47.5 Å². The van der Waals surface area contributed by atoms with Crippen molar-refractivity contribution in [3.8, 4) is 11.3 Å². The maximum absolute atomic E-state index is 13.4. The Morgan fingerprint density at radius 1 is 1.19 bits per heavy atom. The van der Waals surface area contributed by atoms with Gasteiger partial charge in [-0.05, 0) is 66.8 Å². The van der Waals surface area contributed by atoms with Crippen molar-refractivity contribution in [2.75, 3.05) is 16.7 Å². The lowest BCUT2D eigenvalue weighted by atomic mass is 10.0. The van der Waals surface area contributed by atoms with Gasteiger partial charge in [0.15, 0.2) is 17.0 Å². The smallest absolute Gasteiger partial charge is 0.373 e. The highest BCUT2D eigenvalue weighted by atomic mass is 32.2. The molecule has 1 fully saturated rings.